The Kier molecular flexibility index (Phi) is 6.66. The van der Waals surface area contributed by atoms with Crippen LogP contribution in [0.3, 0.4) is 0 Å². The van der Waals surface area contributed by atoms with Gasteiger partial charge in [0.2, 0.25) is 0 Å². The Hall–Kier alpha value is -1.43. The Morgan fingerprint density at radius 3 is 2.33 bits per heavy atom. The van der Waals surface area contributed by atoms with E-state index in [1.54, 1.807) is 19.9 Å². The predicted molar refractivity (Wildman–Crippen MR) is 104 cm³/mol. The number of carbonyl (C=O) groups excluding carboxylic acids is 1. The molecule has 9 heteroatoms. The van der Waals surface area contributed by atoms with Crippen LogP contribution in [0.2, 0.25) is 0 Å². The van der Waals surface area contributed by atoms with Gasteiger partial charge in [-0.1, -0.05) is 6.07 Å². The largest absolute Gasteiger partial charge is 0.394 e. The Balaban J connectivity index is 1.79. The van der Waals surface area contributed by atoms with Crippen LogP contribution >= 0.6 is 0 Å². The summed E-state index contributed by atoms with van der Waals surface area (Å²) in [6.07, 6.45) is -7.50. The molecule has 1 aromatic rings. The molecule has 1 fully saturated rings. The van der Waals surface area contributed by atoms with Crippen LogP contribution in [-0.4, -0.2) is 80.3 Å². The minimum atomic E-state index is -1.53. The lowest BCUT2D eigenvalue weighted by Gasteiger charge is -2.39. The summed E-state index contributed by atoms with van der Waals surface area (Å²) in [7, 11) is 0. The quantitative estimate of drug-likeness (QED) is 0.339. The van der Waals surface area contributed by atoms with Crippen LogP contribution in [0.4, 0.5) is 0 Å². The molecule has 0 bridgehead atoms. The summed E-state index contributed by atoms with van der Waals surface area (Å²) in [6, 6.07) is 1.75. The van der Waals surface area contributed by atoms with Crippen LogP contribution in [0.15, 0.2) is 6.07 Å². The third-order valence-corrected chi connectivity index (χ3v) is 6.23. The van der Waals surface area contributed by atoms with Crippen LogP contribution in [0.5, 0.6) is 0 Å². The van der Waals surface area contributed by atoms with E-state index in [4.69, 9.17) is 9.47 Å². The van der Waals surface area contributed by atoms with Crippen LogP contribution in [0, 0.1) is 12.3 Å². The number of hydrogen-bond acceptors (Lipinski definition) is 9. The maximum absolute atomic E-state index is 12.8. The first-order valence-corrected chi connectivity index (χ1v) is 9.97. The Labute approximate surface area is 174 Å². The van der Waals surface area contributed by atoms with Gasteiger partial charge in [0.1, 0.15) is 24.4 Å². The molecule has 1 aliphatic carbocycles. The smallest absolute Gasteiger partial charge is 0.186 e. The molecule has 0 radical (unpaired) electrons. The summed E-state index contributed by atoms with van der Waals surface area (Å²) in [5.74, 6) is -0.231. The maximum atomic E-state index is 12.8. The first kappa shape index (κ1) is 23.2. The summed E-state index contributed by atoms with van der Waals surface area (Å²) < 4.78 is 10.9. The Morgan fingerprint density at radius 2 is 1.73 bits per heavy atom. The molecule has 1 saturated heterocycles. The summed E-state index contributed by atoms with van der Waals surface area (Å²) in [5.41, 5.74) is 1.77. The van der Waals surface area contributed by atoms with Gasteiger partial charge in [-0.05, 0) is 49.4 Å². The molecule has 9 nitrogen and oxygen atoms in total. The fourth-order valence-corrected chi connectivity index (χ4v) is 4.28. The molecule has 3 rings (SSSR count). The fourth-order valence-electron chi connectivity index (χ4n) is 4.28. The predicted octanol–water partition coefficient (Wildman–Crippen LogP) is -0.898. The van der Waals surface area contributed by atoms with Gasteiger partial charge in [0.15, 0.2) is 12.1 Å². The summed E-state index contributed by atoms with van der Waals surface area (Å²) in [4.78, 5) is 12.8. The number of carbonyl (C=O) groups is 1. The van der Waals surface area contributed by atoms with Crippen LogP contribution < -0.4 is 0 Å². The van der Waals surface area contributed by atoms with Crippen molar-refractivity contribution >= 4 is 5.78 Å². The number of hydrogen-bond donors (Lipinski definition) is 6. The molecule has 0 saturated carbocycles. The number of ether oxygens (including phenoxy) is 2. The molecule has 6 N–H and O–H groups in total. The van der Waals surface area contributed by atoms with E-state index >= 15 is 0 Å². The lowest BCUT2D eigenvalue weighted by atomic mass is 9.86. The molecular weight excluding hydrogens is 396 g/mol. The number of ketones is 1. The highest BCUT2D eigenvalue weighted by Crippen LogP contribution is 2.47. The van der Waals surface area contributed by atoms with Crippen LogP contribution in [0.1, 0.15) is 52.6 Å². The number of Topliss-reactive ketones (excluding diaryl/α,β-unsaturated/α-hetero) is 1. The summed E-state index contributed by atoms with van der Waals surface area (Å²) in [6.45, 7) is 4.23. The van der Waals surface area contributed by atoms with Gasteiger partial charge in [0, 0.05) is 5.56 Å². The highest BCUT2D eigenvalue weighted by Gasteiger charge is 2.47. The second-order valence-corrected chi connectivity index (χ2v) is 8.54. The van der Waals surface area contributed by atoms with Crippen molar-refractivity contribution in [3.8, 4) is 0 Å². The van der Waals surface area contributed by atoms with Crippen molar-refractivity contribution in [2.45, 2.75) is 70.6 Å². The van der Waals surface area contributed by atoms with E-state index in [1.165, 1.54) is 0 Å². The minimum Gasteiger partial charge on any atom is -0.394 e. The number of rotatable bonds is 6. The first-order chi connectivity index (χ1) is 14.1. The third-order valence-electron chi connectivity index (χ3n) is 6.23. The SMILES string of the molecule is Cc1cc2c(c(CO)c1CCOC1OC(CO)C(O)C(O)C1O)C(=O)C(C)(C)C2O. The Bertz CT molecular complexity index is 804. The van der Waals surface area contributed by atoms with Crippen molar-refractivity contribution in [3.63, 3.8) is 0 Å². The fraction of sp³-hybridized carbons (Fsp3) is 0.667. The highest BCUT2D eigenvalue weighted by atomic mass is 16.7. The monoisotopic (exact) mass is 426 g/mol. The van der Waals surface area contributed by atoms with Crippen molar-refractivity contribution < 1.29 is 44.9 Å². The van der Waals surface area contributed by atoms with Crippen molar-refractivity contribution in [1.82, 2.24) is 0 Å². The zero-order chi connectivity index (χ0) is 22.4. The molecule has 0 spiro atoms. The number of benzene rings is 1. The lowest BCUT2D eigenvalue weighted by molar-refractivity contribution is -0.300. The van der Waals surface area contributed by atoms with Gasteiger partial charge < -0.3 is 40.1 Å². The number of aryl methyl sites for hydroxylation is 1. The van der Waals surface area contributed by atoms with E-state index in [2.05, 4.69) is 0 Å². The van der Waals surface area contributed by atoms with E-state index in [9.17, 15) is 35.4 Å². The van der Waals surface area contributed by atoms with E-state index < -0.39 is 48.8 Å². The van der Waals surface area contributed by atoms with Crippen molar-refractivity contribution in [3.05, 3.63) is 33.9 Å². The van der Waals surface area contributed by atoms with Crippen molar-refractivity contribution in [2.24, 2.45) is 5.41 Å². The second-order valence-electron chi connectivity index (χ2n) is 8.54. The minimum absolute atomic E-state index is 0.0233. The standard InChI is InChI=1S/C21H30O9/c1-9-6-11-14(19(28)21(2,3)18(11)27)12(7-22)10(9)4-5-29-20-17(26)16(25)15(24)13(8-23)30-20/h6,13,15-18,20,22-27H,4-5,7-8H2,1-3H3. The molecule has 168 valence electrons. The highest BCUT2D eigenvalue weighted by molar-refractivity contribution is 6.06. The Morgan fingerprint density at radius 1 is 1.07 bits per heavy atom. The lowest BCUT2D eigenvalue weighted by Crippen LogP contribution is -2.59. The molecule has 1 aromatic carbocycles. The second kappa shape index (κ2) is 8.60. The van der Waals surface area contributed by atoms with Gasteiger partial charge in [-0.25, -0.2) is 0 Å². The average Bonchev–Trinajstić information content (AvgIpc) is 2.88. The molecule has 0 amide bonds. The normalized spacial score (nSPS) is 33.0. The van der Waals surface area contributed by atoms with Gasteiger partial charge in [-0.3, -0.25) is 4.79 Å². The van der Waals surface area contributed by atoms with Gasteiger partial charge in [-0.15, -0.1) is 0 Å². The zero-order valence-electron chi connectivity index (χ0n) is 17.3. The summed E-state index contributed by atoms with van der Waals surface area (Å²) in [5, 5.41) is 59.5. The molecular formula is C21H30O9. The molecule has 0 aromatic heterocycles. The molecule has 6 atom stereocenters. The molecule has 2 aliphatic rings. The molecule has 6 unspecified atom stereocenters. The van der Waals surface area contributed by atoms with Crippen LogP contribution in [0.25, 0.3) is 0 Å². The van der Waals surface area contributed by atoms with Gasteiger partial charge in [-0.2, -0.15) is 0 Å². The molecule has 1 aliphatic heterocycles. The van der Waals surface area contributed by atoms with E-state index in [1.807, 2.05) is 6.92 Å². The van der Waals surface area contributed by atoms with E-state index in [0.717, 1.165) is 5.56 Å². The number of fused-ring (bicyclic) bond motifs is 1. The molecule has 1 heterocycles. The first-order valence-electron chi connectivity index (χ1n) is 9.97. The van der Waals surface area contributed by atoms with E-state index in [-0.39, 0.29) is 25.4 Å². The van der Waals surface area contributed by atoms with Crippen molar-refractivity contribution in [1.29, 1.82) is 0 Å². The van der Waals surface area contributed by atoms with Gasteiger partial charge in [0.05, 0.1) is 31.3 Å². The van der Waals surface area contributed by atoms with E-state index in [0.29, 0.717) is 22.3 Å². The molecule has 30 heavy (non-hydrogen) atoms. The number of aliphatic hydroxyl groups excluding tert-OH is 6. The number of aliphatic hydroxyl groups is 6. The average molecular weight is 426 g/mol. The van der Waals surface area contributed by atoms with Crippen molar-refractivity contribution in [2.75, 3.05) is 13.2 Å². The van der Waals surface area contributed by atoms with Gasteiger partial charge in [0.25, 0.3) is 0 Å². The zero-order valence-corrected chi connectivity index (χ0v) is 17.3. The summed E-state index contributed by atoms with van der Waals surface area (Å²) >= 11 is 0. The maximum Gasteiger partial charge on any atom is 0.186 e. The van der Waals surface area contributed by atoms with Crippen LogP contribution in [-0.2, 0) is 22.5 Å². The van der Waals surface area contributed by atoms with Gasteiger partial charge >= 0.3 is 0 Å². The topological polar surface area (TPSA) is 157 Å². The third kappa shape index (κ3) is 3.69.